The number of thioether (sulfide) groups is 1. The molecule has 1 atom stereocenters. The van der Waals surface area contributed by atoms with Crippen molar-refractivity contribution in [3.63, 3.8) is 0 Å². The molecule has 0 bridgehead atoms. The number of hydrogen-bond acceptors (Lipinski definition) is 4. The van der Waals surface area contributed by atoms with Gasteiger partial charge in [0.25, 0.3) is 0 Å². The average molecular weight is 216 g/mol. The molecule has 0 saturated carbocycles. The third kappa shape index (κ3) is 6.34. The first-order valence-electron chi connectivity index (χ1n) is 3.84. The monoisotopic (exact) mass is 216 g/mol. The van der Waals surface area contributed by atoms with E-state index < -0.39 is 12.0 Å². The molecular formula is C8H12N2O3S. The van der Waals surface area contributed by atoms with Crippen LogP contribution < -0.4 is 11.1 Å². The zero-order valence-electron chi connectivity index (χ0n) is 7.53. The molecule has 0 aliphatic heterocycles. The van der Waals surface area contributed by atoms with Crippen LogP contribution in [-0.4, -0.2) is 41.1 Å². The molecule has 78 valence electrons. The van der Waals surface area contributed by atoms with Gasteiger partial charge in [-0.05, 0) is 0 Å². The Labute approximate surface area is 86.4 Å². The number of hydrogen-bond donors (Lipinski definition) is 3. The van der Waals surface area contributed by atoms with Crippen LogP contribution in [0.15, 0.2) is 0 Å². The summed E-state index contributed by atoms with van der Waals surface area (Å²) < 4.78 is 0. The van der Waals surface area contributed by atoms with Crippen LogP contribution in [0, 0.1) is 12.3 Å². The highest BCUT2D eigenvalue weighted by Gasteiger charge is 2.11. The Hall–Kier alpha value is -1.19. The predicted octanol–water partition coefficient (Wildman–Crippen LogP) is -1.12. The predicted molar refractivity (Wildman–Crippen MR) is 54.8 cm³/mol. The van der Waals surface area contributed by atoms with E-state index >= 15 is 0 Å². The van der Waals surface area contributed by atoms with E-state index in [9.17, 15) is 9.59 Å². The largest absolute Gasteiger partial charge is 0.480 e. The van der Waals surface area contributed by atoms with Gasteiger partial charge in [-0.2, -0.15) is 0 Å². The molecular weight excluding hydrogens is 204 g/mol. The van der Waals surface area contributed by atoms with Crippen LogP contribution in [0.4, 0.5) is 0 Å². The number of carbonyl (C=O) groups is 2. The van der Waals surface area contributed by atoms with Gasteiger partial charge in [-0.3, -0.25) is 9.59 Å². The van der Waals surface area contributed by atoms with Crippen molar-refractivity contribution in [2.24, 2.45) is 5.73 Å². The lowest BCUT2D eigenvalue weighted by Gasteiger charge is -2.05. The first-order chi connectivity index (χ1) is 6.57. The maximum Gasteiger partial charge on any atom is 0.321 e. The Morgan fingerprint density at radius 1 is 1.64 bits per heavy atom. The van der Waals surface area contributed by atoms with Crippen molar-refractivity contribution in [1.29, 1.82) is 0 Å². The van der Waals surface area contributed by atoms with Gasteiger partial charge in [0, 0.05) is 5.75 Å². The highest BCUT2D eigenvalue weighted by atomic mass is 32.2. The van der Waals surface area contributed by atoms with Crippen LogP contribution >= 0.6 is 11.8 Å². The third-order valence-corrected chi connectivity index (χ3v) is 2.30. The lowest BCUT2D eigenvalue weighted by molar-refractivity contribution is -0.137. The molecule has 4 N–H and O–H groups in total. The van der Waals surface area contributed by atoms with Crippen molar-refractivity contribution in [2.45, 2.75) is 6.04 Å². The first kappa shape index (κ1) is 12.8. The fourth-order valence-corrected chi connectivity index (χ4v) is 1.35. The molecule has 0 aliphatic carbocycles. The summed E-state index contributed by atoms with van der Waals surface area (Å²) in [6.45, 7) is 0.185. The molecule has 0 radical (unpaired) electrons. The van der Waals surface area contributed by atoms with Crippen molar-refractivity contribution in [2.75, 3.05) is 18.1 Å². The highest BCUT2D eigenvalue weighted by molar-refractivity contribution is 8.00. The summed E-state index contributed by atoms with van der Waals surface area (Å²) in [5, 5.41) is 10.9. The first-order valence-corrected chi connectivity index (χ1v) is 4.99. The number of carboxylic acid groups (broad SMARTS) is 1. The fraction of sp³-hybridized carbons (Fsp3) is 0.500. The average Bonchev–Trinajstić information content (AvgIpc) is 2.14. The molecule has 0 aromatic rings. The molecule has 0 rings (SSSR count). The Kier molecular flexibility index (Phi) is 6.62. The maximum absolute atomic E-state index is 10.9. The minimum atomic E-state index is -1.07. The van der Waals surface area contributed by atoms with Crippen LogP contribution in [0.2, 0.25) is 0 Å². The van der Waals surface area contributed by atoms with Crippen LogP contribution in [-0.2, 0) is 9.59 Å². The summed E-state index contributed by atoms with van der Waals surface area (Å²) in [7, 11) is 0. The van der Waals surface area contributed by atoms with Gasteiger partial charge in [-0.25, -0.2) is 0 Å². The Morgan fingerprint density at radius 2 is 2.29 bits per heavy atom. The van der Waals surface area contributed by atoms with Gasteiger partial charge >= 0.3 is 5.97 Å². The topological polar surface area (TPSA) is 92.4 Å². The van der Waals surface area contributed by atoms with Crippen molar-refractivity contribution >= 4 is 23.6 Å². The highest BCUT2D eigenvalue weighted by Crippen LogP contribution is 2.00. The number of terminal acetylenes is 1. The number of nitrogens with one attached hydrogen (secondary N) is 1. The van der Waals surface area contributed by atoms with Gasteiger partial charge in [-0.15, -0.1) is 18.2 Å². The fourth-order valence-electron chi connectivity index (χ4n) is 0.551. The SMILES string of the molecule is C#CCNC(=O)CSCC(N)C(=O)O. The molecule has 0 aliphatic rings. The third-order valence-electron chi connectivity index (χ3n) is 1.24. The van der Waals surface area contributed by atoms with E-state index in [0.717, 1.165) is 11.8 Å². The van der Waals surface area contributed by atoms with E-state index in [4.69, 9.17) is 17.3 Å². The number of carbonyl (C=O) groups excluding carboxylic acids is 1. The summed E-state index contributed by atoms with van der Waals surface area (Å²) in [5.74, 6) is 1.35. The van der Waals surface area contributed by atoms with Gasteiger partial charge < -0.3 is 16.2 Å². The molecule has 0 aromatic heterocycles. The summed E-state index contributed by atoms with van der Waals surface area (Å²) in [6, 6.07) is -0.930. The van der Waals surface area contributed by atoms with Gasteiger partial charge in [0.15, 0.2) is 0 Å². The van der Waals surface area contributed by atoms with E-state index in [-0.39, 0.29) is 24.0 Å². The second kappa shape index (κ2) is 7.24. The zero-order chi connectivity index (χ0) is 11.0. The Morgan fingerprint density at radius 3 is 2.79 bits per heavy atom. The Balaban J connectivity index is 3.50. The number of nitrogens with two attached hydrogens (primary N) is 1. The minimum absolute atomic E-state index is 0.169. The summed E-state index contributed by atoms with van der Waals surface area (Å²) in [5.41, 5.74) is 5.22. The second-order valence-corrected chi connectivity index (χ2v) is 3.47. The summed E-state index contributed by atoms with van der Waals surface area (Å²) >= 11 is 1.16. The summed E-state index contributed by atoms with van der Waals surface area (Å²) in [6.07, 6.45) is 4.92. The molecule has 0 saturated heterocycles. The normalized spacial score (nSPS) is 11.4. The van der Waals surface area contributed by atoms with Crippen molar-refractivity contribution in [3.05, 3.63) is 0 Å². The number of aliphatic carboxylic acids is 1. The second-order valence-electron chi connectivity index (χ2n) is 2.44. The smallest absolute Gasteiger partial charge is 0.321 e. The van der Waals surface area contributed by atoms with Crippen molar-refractivity contribution in [3.8, 4) is 12.3 Å². The van der Waals surface area contributed by atoms with Crippen molar-refractivity contribution in [1.82, 2.24) is 5.32 Å². The molecule has 6 heteroatoms. The molecule has 1 amide bonds. The Bertz CT molecular complexity index is 249. The minimum Gasteiger partial charge on any atom is -0.480 e. The maximum atomic E-state index is 10.9. The molecule has 0 heterocycles. The van der Waals surface area contributed by atoms with Crippen LogP contribution in [0.1, 0.15) is 0 Å². The van der Waals surface area contributed by atoms with E-state index in [0.29, 0.717) is 0 Å². The van der Waals surface area contributed by atoms with E-state index in [1.807, 2.05) is 0 Å². The lowest BCUT2D eigenvalue weighted by Crippen LogP contribution is -2.33. The van der Waals surface area contributed by atoms with Crippen LogP contribution in [0.5, 0.6) is 0 Å². The number of carboxylic acids is 1. The molecule has 0 fully saturated rings. The number of rotatable bonds is 6. The molecule has 14 heavy (non-hydrogen) atoms. The number of amides is 1. The van der Waals surface area contributed by atoms with E-state index in [2.05, 4.69) is 11.2 Å². The van der Waals surface area contributed by atoms with Gasteiger partial charge in [0.1, 0.15) is 6.04 Å². The van der Waals surface area contributed by atoms with Gasteiger partial charge in [-0.1, -0.05) is 5.92 Å². The molecule has 0 spiro atoms. The van der Waals surface area contributed by atoms with Crippen molar-refractivity contribution < 1.29 is 14.7 Å². The van der Waals surface area contributed by atoms with Gasteiger partial charge in [0.2, 0.25) is 5.91 Å². The molecule has 1 unspecified atom stereocenters. The standard InChI is InChI=1S/C8H12N2O3S/c1-2-3-10-7(11)5-14-4-6(9)8(12)13/h1,6H,3-5,9H2,(H,10,11)(H,12,13). The zero-order valence-corrected chi connectivity index (χ0v) is 8.34. The summed E-state index contributed by atoms with van der Waals surface area (Å²) in [4.78, 5) is 21.2. The van der Waals surface area contributed by atoms with Gasteiger partial charge in [0.05, 0.1) is 12.3 Å². The molecule has 5 nitrogen and oxygen atoms in total. The van der Waals surface area contributed by atoms with Crippen LogP contribution in [0.3, 0.4) is 0 Å². The van der Waals surface area contributed by atoms with E-state index in [1.54, 1.807) is 0 Å². The lowest BCUT2D eigenvalue weighted by atomic mass is 10.4. The van der Waals surface area contributed by atoms with E-state index in [1.165, 1.54) is 0 Å². The molecule has 0 aromatic carbocycles. The van der Waals surface area contributed by atoms with Crippen LogP contribution in [0.25, 0.3) is 0 Å². The quantitative estimate of drug-likeness (QED) is 0.489.